The number of rotatable bonds is 4. The van der Waals surface area contributed by atoms with Gasteiger partial charge in [-0.15, -0.1) is 0 Å². The smallest absolute Gasteiger partial charge is 0.136 e. The van der Waals surface area contributed by atoms with Crippen molar-refractivity contribution in [3.63, 3.8) is 0 Å². The summed E-state index contributed by atoms with van der Waals surface area (Å²) in [6, 6.07) is 7.89. The van der Waals surface area contributed by atoms with E-state index in [4.69, 9.17) is 16.3 Å². The summed E-state index contributed by atoms with van der Waals surface area (Å²) < 4.78 is 5.63. The van der Waals surface area contributed by atoms with Crippen LogP contribution in [0.5, 0.6) is 5.75 Å². The van der Waals surface area contributed by atoms with Gasteiger partial charge in [0.1, 0.15) is 17.2 Å². The highest BCUT2D eigenvalue weighted by Gasteiger charge is 2.10. The van der Waals surface area contributed by atoms with Crippen LogP contribution in [0.2, 0.25) is 5.15 Å². The zero-order chi connectivity index (χ0) is 13.8. The summed E-state index contributed by atoms with van der Waals surface area (Å²) in [6.45, 7) is 6.06. The van der Waals surface area contributed by atoms with E-state index in [1.54, 1.807) is 0 Å². The van der Waals surface area contributed by atoms with Gasteiger partial charge in [0.25, 0.3) is 0 Å². The van der Waals surface area contributed by atoms with Crippen molar-refractivity contribution in [1.29, 1.82) is 0 Å². The van der Waals surface area contributed by atoms with Crippen molar-refractivity contribution in [3.8, 4) is 17.0 Å². The molecule has 0 radical (unpaired) electrons. The van der Waals surface area contributed by atoms with E-state index in [2.05, 4.69) is 9.97 Å². The highest BCUT2D eigenvalue weighted by atomic mass is 35.5. The topological polar surface area (TPSA) is 35.0 Å². The van der Waals surface area contributed by atoms with Crippen molar-refractivity contribution < 1.29 is 4.74 Å². The second-order valence-electron chi connectivity index (χ2n) is 4.54. The molecule has 0 unspecified atom stereocenters. The summed E-state index contributed by atoms with van der Waals surface area (Å²) in [5.74, 6) is 0.858. The lowest BCUT2D eigenvalue weighted by molar-refractivity contribution is 0.242. The number of halogens is 1. The van der Waals surface area contributed by atoms with Crippen molar-refractivity contribution in [2.45, 2.75) is 33.3 Å². The molecule has 2 rings (SSSR count). The molecule has 0 saturated heterocycles. The molecule has 0 N–H and O–H groups in total. The second-order valence-corrected chi connectivity index (χ2v) is 4.89. The van der Waals surface area contributed by atoms with Gasteiger partial charge in [-0.05, 0) is 44.5 Å². The fraction of sp³-hybridized carbons (Fsp3) is 0.333. The summed E-state index contributed by atoms with van der Waals surface area (Å²) >= 11 is 6.10. The highest BCUT2D eigenvalue weighted by Crippen LogP contribution is 2.27. The zero-order valence-electron chi connectivity index (χ0n) is 11.4. The third-order valence-electron chi connectivity index (χ3n) is 2.75. The minimum atomic E-state index is 0.172. The van der Waals surface area contributed by atoms with Gasteiger partial charge in [-0.1, -0.05) is 18.5 Å². The normalized spacial score (nSPS) is 10.8. The third-order valence-corrected chi connectivity index (χ3v) is 3.07. The van der Waals surface area contributed by atoms with Crippen molar-refractivity contribution in [2.75, 3.05) is 0 Å². The van der Waals surface area contributed by atoms with Gasteiger partial charge < -0.3 is 4.74 Å². The molecule has 0 aliphatic heterocycles. The van der Waals surface area contributed by atoms with Gasteiger partial charge in [-0.2, -0.15) is 0 Å². The molecule has 0 saturated carbocycles. The monoisotopic (exact) mass is 276 g/mol. The fourth-order valence-corrected chi connectivity index (χ4v) is 2.18. The molecule has 0 aliphatic rings. The molecule has 1 aromatic heterocycles. The number of ether oxygens (including phenoxy) is 1. The Hall–Kier alpha value is -1.61. The van der Waals surface area contributed by atoms with E-state index in [0.29, 0.717) is 5.15 Å². The minimum absolute atomic E-state index is 0.172. The molecule has 0 bridgehead atoms. The summed E-state index contributed by atoms with van der Waals surface area (Å²) in [5.41, 5.74) is 2.89. The average molecular weight is 277 g/mol. The number of hydrogen-bond donors (Lipinski definition) is 0. The van der Waals surface area contributed by atoms with E-state index in [1.165, 1.54) is 6.33 Å². The van der Waals surface area contributed by atoms with E-state index in [1.807, 2.05) is 45.0 Å². The molecule has 100 valence electrons. The zero-order valence-corrected chi connectivity index (χ0v) is 12.1. The molecule has 1 aromatic carbocycles. The number of nitrogens with zero attached hydrogens (tertiary/aromatic N) is 2. The molecule has 2 aromatic rings. The van der Waals surface area contributed by atoms with Crippen LogP contribution in [0.3, 0.4) is 0 Å². The maximum atomic E-state index is 6.10. The Kier molecular flexibility index (Phi) is 4.38. The lowest BCUT2D eigenvalue weighted by atomic mass is 10.1. The van der Waals surface area contributed by atoms with Crippen LogP contribution in [0.1, 0.15) is 26.3 Å². The first kappa shape index (κ1) is 13.8. The fourth-order valence-electron chi connectivity index (χ4n) is 1.92. The summed E-state index contributed by atoms with van der Waals surface area (Å²) in [7, 11) is 0. The second kappa shape index (κ2) is 6.02. The van der Waals surface area contributed by atoms with Gasteiger partial charge in [-0.25, -0.2) is 9.97 Å². The van der Waals surface area contributed by atoms with Crippen molar-refractivity contribution in [3.05, 3.63) is 41.3 Å². The Labute approximate surface area is 118 Å². The van der Waals surface area contributed by atoms with E-state index in [-0.39, 0.29) is 6.10 Å². The molecule has 0 fully saturated rings. The van der Waals surface area contributed by atoms with Crippen LogP contribution >= 0.6 is 11.6 Å². The first-order valence-electron chi connectivity index (χ1n) is 6.38. The van der Waals surface area contributed by atoms with Gasteiger partial charge in [0.15, 0.2) is 0 Å². The molecule has 3 nitrogen and oxygen atoms in total. The van der Waals surface area contributed by atoms with E-state index >= 15 is 0 Å². The maximum absolute atomic E-state index is 6.10. The molecule has 0 atom stereocenters. The standard InChI is InChI=1S/C15H17ClN2O/c1-4-13-14(17-9-18-15(13)16)11-5-7-12(8-6-11)19-10(2)3/h5-10H,4H2,1-3H3. The Morgan fingerprint density at radius 3 is 2.42 bits per heavy atom. The maximum Gasteiger partial charge on any atom is 0.136 e. The summed E-state index contributed by atoms with van der Waals surface area (Å²) in [6.07, 6.45) is 2.47. The largest absolute Gasteiger partial charge is 0.491 e. The van der Waals surface area contributed by atoms with Gasteiger partial charge >= 0.3 is 0 Å². The van der Waals surface area contributed by atoms with Crippen LogP contribution in [0.15, 0.2) is 30.6 Å². The van der Waals surface area contributed by atoms with Crippen molar-refractivity contribution in [1.82, 2.24) is 9.97 Å². The quantitative estimate of drug-likeness (QED) is 0.787. The van der Waals surface area contributed by atoms with Crippen LogP contribution < -0.4 is 4.74 Å². The number of hydrogen-bond acceptors (Lipinski definition) is 3. The third kappa shape index (κ3) is 3.24. The molecule has 0 aliphatic carbocycles. The van der Waals surface area contributed by atoms with Crippen LogP contribution in [-0.4, -0.2) is 16.1 Å². The van der Waals surface area contributed by atoms with Crippen molar-refractivity contribution in [2.24, 2.45) is 0 Å². The Morgan fingerprint density at radius 1 is 1.16 bits per heavy atom. The molecule has 0 amide bonds. The summed E-state index contributed by atoms with van der Waals surface area (Å²) in [5, 5.41) is 0.523. The van der Waals surface area contributed by atoms with E-state index in [0.717, 1.165) is 29.0 Å². The molecule has 1 heterocycles. The van der Waals surface area contributed by atoms with Gasteiger partial charge in [0.05, 0.1) is 11.8 Å². The van der Waals surface area contributed by atoms with Crippen LogP contribution in [0.4, 0.5) is 0 Å². The lowest BCUT2D eigenvalue weighted by Crippen LogP contribution is -2.05. The molecule has 4 heteroatoms. The predicted octanol–water partition coefficient (Wildman–Crippen LogP) is 4.15. The molecular formula is C15H17ClN2O. The van der Waals surface area contributed by atoms with Crippen LogP contribution in [0, 0.1) is 0 Å². The lowest BCUT2D eigenvalue weighted by Gasteiger charge is -2.11. The van der Waals surface area contributed by atoms with Crippen molar-refractivity contribution >= 4 is 11.6 Å². The summed E-state index contributed by atoms with van der Waals surface area (Å²) in [4.78, 5) is 8.36. The SMILES string of the molecule is CCc1c(Cl)ncnc1-c1ccc(OC(C)C)cc1. The van der Waals surface area contributed by atoms with Crippen LogP contribution in [-0.2, 0) is 6.42 Å². The number of aromatic nitrogens is 2. The molecule has 19 heavy (non-hydrogen) atoms. The average Bonchev–Trinajstić information content (AvgIpc) is 2.38. The van der Waals surface area contributed by atoms with Gasteiger partial charge in [0.2, 0.25) is 0 Å². The molecular weight excluding hydrogens is 260 g/mol. The highest BCUT2D eigenvalue weighted by molar-refractivity contribution is 6.30. The van der Waals surface area contributed by atoms with Gasteiger partial charge in [-0.3, -0.25) is 0 Å². The first-order valence-corrected chi connectivity index (χ1v) is 6.76. The Bertz CT molecular complexity index is 553. The Morgan fingerprint density at radius 2 is 1.84 bits per heavy atom. The Balaban J connectivity index is 2.35. The minimum Gasteiger partial charge on any atom is -0.491 e. The van der Waals surface area contributed by atoms with E-state index < -0.39 is 0 Å². The molecule has 0 spiro atoms. The van der Waals surface area contributed by atoms with Gasteiger partial charge in [0, 0.05) is 11.1 Å². The first-order chi connectivity index (χ1) is 9.11. The number of benzene rings is 1. The predicted molar refractivity (Wildman–Crippen MR) is 77.6 cm³/mol. The van der Waals surface area contributed by atoms with Crippen LogP contribution in [0.25, 0.3) is 11.3 Å². The van der Waals surface area contributed by atoms with E-state index in [9.17, 15) is 0 Å².